The van der Waals surface area contributed by atoms with E-state index >= 15 is 0 Å². The maximum absolute atomic E-state index is 6.16. The Balaban J connectivity index is 2.12. The zero-order chi connectivity index (χ0) is 11.8. The second-order valence-corrected chi connectivity index (χ2v) is 4.85. The zero-order valence-corrected chi connectivity index (χ0v) is 10.2. The van der Waals surface area contributed by atoms with Crippen LogP contribution in [-0.2, 0) is 12.8 Å². The van der Waals surface area contributed by atoms with Crippen LogP contribution in [0.1, 0.15) is 24.1 Å². The first kappa shape index (κ1) is 10.7. The topological polar surface area (TPSA) is 43.8 Å². The predicted molar refractivity (Wildman–Crippen MR) is 69.6 cm³/mol. The molecule has 3 nitrogen and oxygen atoms in total. The molecule has 2 N–H and O–H groups in total. The number of aryl methyl sites for hydroxylation is 1. The molecule has 0 spiro atoms. The average Bonchev–Trinajstić information content (AvgIpc) is 2.68. The third-order valence-electron chi connectivity index (χ3n) is 3.25. The number of fused-ring (bicyclic) bond motifs is 1. The van der Waals surface area contributed by atoms with E-state index in [9.17, 15) is 0 Å². The smallest absolute Gasteiger partial charge is 0.130 e. The minimum atomic E-state index is 0.704. The molecule has 17 heavy (non-hydrogen) atoms. The van der Waals surface area contributed by atoms with Gasteiger partial charge in [-0.15, -0.1) is 0 Å². The summed E-state index contributed by atoms with van der Waals surface area (Å²) in [5.41, 5.74) is 9.46. The average molecular weight is 248 g/mol. The maximum atomic E-state index is 6.16. The highest BCUT2D eigenvalue weighted by Gasteiger charge is 2.19. The Labute approximate surface area is 105 Å². The SMILES string of the molecule is Nc1c2c(nn1-c1cccc(Cl)c1)CCCC2. The third kappa shape index (κ3) is 1.80. The summed E-state index contributed by atoms with van der Waals surface area (Å²) >= 11 is 5.99. The summed E-state index contributed by atoms with van der Waals surface area (Å²) in [5, 5.41) is 5.30. The molecule has 88 valence electrons. The summed E-state index contributed by atoms with van der Waals surface area (Å²) in [6.45, 7) is 0. The molecule has 4 heteroatoms. The van der Waals surface area contributed by atoms with Crippen molar-refractivity contribution in [3.63, 3.8) is 0 Å². The number of hydrogen-bond acceptors (Lipinski definition) is 2. The van der Waals surface area contributed by atoms with Crippen molar-refractivity contribution in [2.45, 2.75) is 25.7 Å². The molecule has 0 radical (unpaired) electrons. The fraction of sp³-hybridized carbons (Fsp3) is 0.308. The molecule has 0 aliphatic heterocycles. The second-order valence-electron chi connectivity index (χ2n) is 4.41. The number of aromatic nitrogens is 2. The highest BCUT2D eigenvalue weighted by atomic mass is 35.5. The van der Waals surface area contributed by atoms with Gasteiger partial charge in [0, 0.05) is 10.6 Å². The number of benzene rings is 1. The number of anilines is 1. The lowest BCUT2D eigenvalue weighted by Crippen LogP contribution is -2.03. The van der Waals surface area contributed by atoms with Crippen LogP contribution < -0.4 is 5.73 Å². The molecule has 1 aromatic heterocycles. The molecule has 3 rings (SSSR count). The normalized spacial score (nSPS) is 14.6. The van der Waals surface area contributed by atoms with E-state index in [2.05, 4.69) is 5.10 Å². The van der Waals surface area contributed by atoms with Crippen molar-refractivity contribution in [2.75, 3.05) is 5.73 Å². The Hall–Kier alpha value is -1.48. The summed E-state index contributed by atoms with van der Waals surface area (Å²) in [6.07, 6.45) is 4.49. The lowest BCUT2D eigenvalue weighted by molar-refractivity contribution is 0.671. The second kappa shape index (κ2) is 4.08. The lowest BCUT2D eigenvalue weighted by Gasteiger charge is -2.08. The van der Waals surface area contributed by atoms with Crippen LogP contribution in [0.15, 0.2) is 24.3 Å². The van der Waals surface area contributed by atoms with Crippen molar-refractivity contribution in [3.05, 3.63) is 40.5 Å². The molecule has 0 fully saturated rings. The first-order chi connectivity index (χ1) is 8.25. The van der Waals surface area contributed by atoms with Crippen molar-refractivity contribution in [1.29, 1.82) is 0 Å². The van der Waals surface area contributed by atoms with Gasteiger partial charge in [0.25, 0.3) is 0 Å². The Kier molecular flexibility index (Phi) is 2.56. The van der Waals surface area contributed by atoms with Gasteiger partial charge in [-0.25, -0.2) is 4.68 Å². The molecule has 0 bridgehead atoms. The van der Waals surface area contributed by atoms with E-state index in [-0.39, 0.29) is 0 Å². The van der Waals surface area contributed by atoms with Gasteiger partial charge in [0.05, 0.1) is 11.4 Å². The highest BCUT2D eigenvalue weighted by molar-refractivity contribution is 6.30. The van der Waals surface area contributed by atoms with Gasteiger partial charge in [-0.2, -0.15) is 5.10 Å². The Morgan fingerprint density at radius 3 is 2.82 bits per heavy atom. The molecule has 1 heterocycles. The van der Waals surface area contributed by atoms with Crippen LogP contribution in [0.5, 0.6) is 0 Å². The standard InChI is InChI=1S/C13H14ClN3/c14-9-4-3-5-10(8-9)17-13(15)11-6-1-2-7-12(11)16-17/h3-5,8H,1-2,6-7,15H2. The summed E-state index contributed by atoms with van der Waals surface area (Å²) in [7, 11) is 0. The molecule has 2 aromatic rings. The van der Waals surface area contributed by atoms with E-state index < -0.39 is 0 Å². The van der Waals surface area contributed by atoms with E-state index in [1.54, 1.807) is 0 Å². The van der Waals surface area contributed by atoms with Gasteiger partial charge >= 0.3 is 0 Å². The van der Waals surface area contributed by atoms with E-state index in [4.69, 9.17) is 17.3 Å². The summed E-state index contributed by atoms with van der Waals surface area (Å²) < 4.78 is 1.81. The van der Waals surface area contributed by atoms with Crippen molar-refractivity contribution in [1.82, 2.24) is 9.78 Å². The number of halogens is 1. The van der Waals surface area contributed by atoms with Crippen LogP contribution in [0.25, 0.3) is 5.69 Å². The van der Waals surface area contributed by atoms with Gasteiger partial charge < -0.3 is 5.73 Å². The molecule has 1 aliphatic rings. The monoisotopic (exact) mass is 247 g/mol. The molecule has 0 saturated heterocycles. The van der Waals surface area contributed by atoms with Gasteiger partial charge in [0.2, 0.25) is 0 Å². The molecule has 1 aromatic carbocycles. The quantitative estimate of drug-likeness (QED) is 0.842. The number of nitrogen functional groups attached to an aromatic ring is 1. The number of nitrogens with zero attached hydrogens (tertiary/aromatic N) is 2. The third-order valence-corrected chi connectivity index (χ3v) is 3.48. The fourth-order valence-corrected chi connectivity index (χ4v) is 2.57. The number of rotatable bonds is 1. The molecule has 1 aliphatic carbocycles. The van der Waals surface area contributed by atoms with Gasteiger partial charge in [-0.1, -0.05) is 17.7 Å². The summed E-state index contributed by atoms with van der Waals surface area (Å²) in [6, 6.07) is 7.62. The Morgan fingerprint density at radius 2 is 2.06 bits per heavy atom. The molecular formula is C13H14ClN3. The summed E-state index contributed by atoms with van der Waals surface area (Å²) in [4.78, 5) is 0. The summed E-state index contributed by atoms with van der Waals surface area (Å²) in [5.74, 6) is 0.766. The van der Waals surface area contributed by atoms with E-state index in [1.807, 2.05) is 28.9 Å². The van der Waals surface area contributed by atoms with Crippen LogP contribution in [0.4, 0.5) is 5.82 Å². The first-order valence-electron chi connectivity index (χ1n) is 5.88. The number of nitrogens with two attached hydrogens (primary N) is 1. The highest BCUT2D eigenvalue weighted by Crippen LogP contribution is 2.28. The van der Waals surface area contributed by atoms with E-state index in [1.165, 1.54) is 18.4 Å². The lowest BCUT2D eigenvalue weighted by atomic mass is 9.98. The van der Waals surface area contributed by atoms with Gasteiger partial charge in [-0.3, -0.25) is 0 Å². The fourth-order valence-electron chi connectivity index (χ4n) is 2.38. The van der Waals surface area contributed by atoms with Crippen LogP contribution >= 0.6 is 11.6 Å². The minimum Gasteiger partial charge on any atom is -0.383 e. The maximum Gasteiger partial charge on any atom is 0.130 e. The molecule has 0 atom stereocenters. The predicted octanol–water partition coefficient (Wildman–Crippen LogP) is 2.99. The van der Waals surface area contributed by atoms with Crippen molar-refractivity contribution >= 4 is 17.4 Å². The largest absolute Gasteiger partial charge is 0.383 e. The van der Waals surface area contributed by atoms with E-state index in [0.29, 0.717) is 5.02 Å². The van der Waals surface area contributed by atoms with Crippen molar-refractivity contribution in [2.24, 2.45) is 0 Å². The Morgan fingerprint density at radius 1 is 1.24 bits per heavy atom. The van der Waals surface area contributed by atoms with Crippen LogP contribution in [0.2, 0.25) is 5.02 Å². The van der Waals surface area contributed by atoms with Crippen molar-refractivity contribution < 1.29 is 0 Å². The number of hydrogen-bond donors (Lipinski definition) is 1. The van der Waals surface area contributed by atoms with Crippen LogP contribution in [0, 0.1) is 0 Å². The minimum absolute atomic E-state index is 0.704. The van der Waals surface area contributed by atoms with Gasteiger partial charge in [0.1, 0.15) is 5.82 Å². The zero-order valence-electron chi connectivity index (χ0n) is 9.49. The van der Waals surface area contributed by atoms with E-state index in [0.717, 1.165) is 30.0 Å². The first-order valence-corrected chi connectivity index (χ1v) is 6.25. The molecule has 0 saturated carbocycles. The van der Waals surface area contributed by atoms with Crippen LogP contribution in [0.3, 0.4) is 0 Å². The van der Waals surface area contributed by atoms with Crippen LogP contribution in [-0.4, -0.2) is 9.78 Å². The van der Waals surface area contributed by atoms with Crippen molar-refractivity contribution in [3.8, 4) is 5.69 Å². The van der Waals surface area contributed by atoms with Gasteiger partial charge in [0.15, 0.2) is 0 Å². The molecule has 0 unspecified atom stereocenters. The molecular weight excluding hydrogens is 234 g/mol. The van der Waals surface area contributed by atoms with Gasteiger partial charge in [-0.05, 0) is 43.9 Å². The Bertz CT molecular complexity index is 560. The molecule has 0 amide bonds.